The van der Waals surface area contributed by atoms with Crippen LogP contribution in [0.25, 0.3) is 0 Å². The molecule has 1 aliphatic carbocycles. The molecule has 2 unspecified atom stereocenters. The fourth-order valence-electron chi connectivity index (χ4n) is 2.82. The molecule has 1 saturated heterocycles. The number of hydrogen-bond donors (Lipinski definition) is 2. The second kappa shape index (κ2) is 4.43. The third-order valence-corrected chi connectivity index (χ3v) is 3.68. The highest BCUT2D eigenvalue weighted by Crippen LogP contribution is 2.32. The molecule has 1 aliphatic heterocycles. The molecule has 0 aromatic rings. The smallest absolute Gasteiger partial charge is 0.0592 e. The Morgan fingerprint density at radius 3 is 2.62 bits per heavy atom. The minimum atomic E-state index is -0.0261. The second-order valence-electron chi connectivity index (χ2n) is 4.71. The van der Waals surface area contributed by atoms with Gasteiger partial charge in [-0.25, -0.2) is 0 Å². The van der Waals surface area contributed by atoms with E-state index in [1.807, 2.05) is 0 Å². The second-order valence-corrected chi connectivity index (χ2v) is 4.71. The molecule has 2 aliphatic rings. The largest absolute Gasteiger partial charge is 0.393 e. The van der Waals surface area contributed by atoms with Crippen LogP contribution in [-0.4, -0.2) is 24.3 Å². The van der Waals surface area contributed by atoms with E-state index in [0.29, 0.717) is 5.92 Å². The maximum absolute atomic E-state index is 9.79. The van der Waals surface area contributed by atoms with Crippen molar-refractivity contribution >= 4 is 0 Å². The van der Waals surface area contributed by atoms with E-state index < -0.39 is 0 Å². The number of rotatable bonds is 2. The molecule has 2 N–H and O–H groups in total. The zero-order valence-electron chi connectivity index (χ0n) is 8.34. The first kappa shape index (κ1) is 9.47. The Morgan fingerprint density at radius 1 is 1.15 bits per heavy atom. The van der Waals surface area contributed by atoms with Crippen LogP contribution in [0.1, 0.15) is 38.5 Å². The lowest BCUT2D eigenvalue weighted by atomic mass is 9.86. The van der Waals surface area contributed by atoms with Crippen LogP contribution in [0.5, 0.6) is 0 Å². The Morgan fingerprint density at radius 2 is 1.92 bits per heavy atom. The Bertz CT molecular complexity index is 154. The molecule has 0 radical (unpaired) electrons. The van der Waals surface area contributed by atoms with Crippen LogP contribution < -0.4 is 5.32 Å². The Hall–Kier alpha value is -0.0800. The molecule has 0 aromatic carbocycles. The van der Waals surface area contributed by atoms with Gasteiger partial charge in [-0.3, -0.25) is 0 Å². The third-order valence-electron chi connectivity index (χ3n) is 3.68. The van der Waals surface area contributed by atoms with Gasteiger partial charge in [0, 0.05) is 6.54 Å². The molecule has 13 heavy (non-hydrogen) atoms. The summed E-state index contributed by atoms with van der Waals surface area (Å²) in [5.41, 5.74) is 0. The van der Waals surface area contributed by atoms with Gasteiger partial charge >= 0.3 is 0 Å². The summed E-state index contributed by atoms with van der Waals surface area (Å²) in [7, 11) is 0. The normalized spacial score (nSPS) is 36.7. The van der Waals surface area contributed by atoms with Gasteiger partial charge in [-0.2, -0.15) is 0 Å². The highest BCUT2D eigenvalue weighted by Gasteiger charge is 2.26. The Labute approximate surface area is 80.7 Å². The molecule has 0 spiro atoms. The van der Waals surface area contributed by atoms with Crippen LogP contribution >= 0.6 is 0 Å². The lowest BCUT2D eigenvalue weighted by Crippen LogP contribution is -2.40. The summed E-state index contributed by atoms with van der Waals surface area (Å²) < 4.78 is 0. The molecule has 2 atom stereocenters. The third kappa shape index (κ3) is 2.44. The van der Waals surface area contributed by atoms with Crippen LogP contribution in [0.4, 0.5) is 0 Å². The zero-order valence-corrected chi connectivity index (χ0v) is 8.34. The summed E-state index contributed by atoms with van der Waals surface area (Å²) >= 11 is 0. The van der Waals surface area contributed by atoms with Crippen molar-refractivity contribution in [2.75, 3.05) is 13.1 Å². The minimum absolute atomic E-state index is 0.0261. The van der Waals surface area contributed by atoms with Crippen LogP contribution in [0.3, 0.4) is 0 Å². The van der Waals surface area contributed by atoms with Crippen molar-refractivity contribution in [3.05, 3.63) is 0 Å². The summed E-state index contributed by atoms with van der Waals surface area (Å²) in [5.74, 6) is 1.45. The summed E-state index contributed by atoms with van der Waals surface area (Å²) in [6, 6.07) is 0. The van der Waals surface area contributed by atoms with E-state index in [2.05, 4.69) is 5.32 Å². The zero-order chi connectivity index (χ0) is 9.10. The van der Waals surface area contributed by atoms with Crippen molar-refractivity contribution in [1.29, 1.82) is 0 Å². The Balaban J connectivity index is 1.78. The molecule has 2 fully saturated rings. The maximum atomic E-state index is 9.79. The van der Waals surface area contributed by atoms with Crippen molar-refractivity contribution in [1.82, 2.24) is 5.32 Å². The van der Waals surface area contributed by atoms with Gasteiger partial charge in [-0.1, -0.05) is 25.7 Å². The molecule has 0 amide bonds. The lowest BCUT2D eigenvalue weighted by Gasteiger charge is -2.30. The van der Waals surface area contributed by atoms with Gasteiger partial charge in [0.2, 0.25) is 0 Å². The van der Waals surface area contributed by atoms with Gasteiger partial charge in [0.05, 0.1) is 6.10 Å². The van der Waals surface area contributed by atoms with Gasteiger partial charge in [-0.15, -0.1) is 0 Å². The van der Waals surface area contributed by atoms with E-state index in [1.54, 1.807) is 0 Å². The van der Waals surface area contributed by atoms with E-state index in [9.17, 15) is 5.11 Å². The summed E-state index contributed by atoms with van der Waals surface area (Å²) in [6.45, 7) is 2.04. The number of aliphatic hydroxyl groups excluding tert-OH is 1. The van der Waals surface area contributed by atoms with Gasteiger partial charge in [0.1, 0.15) is 0 Å². The monoisotopic (exact) mass is 183 g/mol. The topological polar surface area (TPSA) is 32.3 Å². The Kier molecular flexibility index (Phi) is 3.23. The van der Waals surface area contributed by atoms with Crippen LogP contribution in [-0.2, 0) is 0 Å². The molecule has 2 rings (SSSR count). The van der Waals surface area contributed by atoms with E-state index in [1.165, 1.54) is 32.1 Å². The number of hydrogen-bond acceptors (Lipinski definition) is 2. The predicted molar refractivity (Wildman–Crippen MR) is 53.6 cm³/mol. The number of aliphatic hydroxyl groups is 1. The molecule has 1 heterocycles. The first-order chi connectivity index (χ1) is 6.36. The average molecular weight is 183 g/mol. The maximum Gasteiger partial charge on any atom is 0.0592 e. The summed E-state index contributed by atoms with van der Waals surface area (Å²) in [5, 5.41) is 13.2. The molecule has 0 aromatic heterocycles. The van der Waals surface area contributed by atoms with Crippen LogP contribution in [0, 0.1) is 11.8 Å². The van der Waals surface area contributed by atoms with E-state index in [4.69, 9.17) is 0 Å². The number of nitrogens with one attached hydrogen (secondary N) is 1. The molecule has 2 nitrogen and oxygen atoms in total. The van der Waals surface area contributed by atoms with Crippen molar-refractivity contribution in [2.24, 2.45) is 11.8 Å². The molecular formula is C11H21NO. The predicted octanol–water partition coefficient (Wildman–Crippen LogP) is 1.54. The average Bonchev–Trinajstić information content (AvgIpc) is 2.61. The van der Waals surface area contributed by atoms with Crippen LogP contribution in [0.15, 0.2) is 0 Å². The first-order valence-corrected chi connectivity index (χ1v) is 5.75. The minimum Gasteiger partial charge on any atom is -0.393 e. The van der Waals surface area contributed by atoms with Crippen molar-refractivity contribution in [3.8, 4) is 0 Å². The van der Waals surface area contributed by atoms with Gasteiger partial charge in [-0.05, 0) is 31.2 Å². The molecule has 0 bridgehead atoms. The fourth-order valence-corrected chi connectivity index (χ4v) is 2.82. The lowest BCUT2D eigenvalue weighted by molar-refractivity contribution is 0.0656. The molecule has 2 heteroatoms. The number of piperidine rings is 1. The fraction of sp³-hybridized carbons (Fsp3) is 1.00. The molecule has 1 saturated carbocycles. The van der Waals surface area contributed by atoms with E-state index in [0.717, 1.165) is 25.4 Å². The summed E-state index contributed by atoms with van der Waals surface area (Å²) in [6.07, 6.45) is 7.83. The highest BCUT2D eigenvalue weighted by molar-refractivity contribution is 4.81. The van der Waals surface area contributed by atoms with Gasteiger partial charge < -0.3 is 10.4 Å². The summed E-state index contributed by atoms with van der Waals surface area (Å²) in [4.78, 5) is 0. The van der Waals surface area contributed by atoms with Crippen molar-refractivity contribution < 1.29 is 5.11 Å². The van der Waals surface area contributed by atoms with Crippen LogP contribution in [0.2, 0.25) is 0 Å². The first-order valence-electron chi connectivity index (χ1n) is 5.75. The van der Waals surface area contributed by atoms with Crippen molar-refractivity contribution in [3.63, 3.8) is 0 Å². The van der Waals surface area contributed by atoms with Crippen molar-refractivity contribution in [2.45, 2.75) is 44.6 Å². The standard InChI is InChI=1S/C11H21NO/c13-11-5-6-12-8-10(11)7-9-3-1-2-4-9/h9-13H,1-8H2. The van der Waals surface area contributed by atoms with Gasteiger partial charge in [0.15, 0.2) is 0 Å². The molecular weight excluding hydrogens is 162 g/mol. The van der Waals surface area contributed by atoms with E-state index >= 15 is 0 Å². The van der Waals surface area contributed by atoms with Gasteiger partial charge in [0.25, 0.3) is 0 Å². The molecule has 76 valence electrons. The quantitative estimate of drug-likeness (QED) is 0.680. The SMILES string of the molecule is OC1CCNCC1CC1CCCC1. The highest BCUT2D eigenvalue weighted by atomic mass is 16.3. The van der Waals surface area contributed by atoms with E-state index in [-0.39, 0.29) is 6.10 Å².